The van der Waals surface area contributed by atoms with Gasteiger partial charge in [-0.3, -0.25) is 0 Å². The fourth-order valence-corrected chi connectivity index (χ4v) is 3.60. The maximum Gasteiger partial charge on any atom is 0.338 e. The first kappa shape index (κ1) is 19.2. The second-order valence-corrected chi connectivity index (χ2v) is 7.32. The molecular formula is C22H21ClO4. The number of benzene rings is 2. The van der Waals surface area contributed by atoms with Gasteiger partial charge in [-0.2, -0.15) is 0 Å². The van der Waals surface area contributed by atoms with Crippen LogP contribution in [-0.2, 0) is 16.0 Å². The molecule has 0 heterocycles. The van der Waals surface area contributed by atoms with Crippen LogP contribution in [0.4, 0.5) is 0 Å². The summed E-state index contributed by atoms with van der Waals surface area (Å²) in [7, 11) is 0. The molecule has 0 aliphatic heterocycles. The first-order chi connectivity index (χ1) is 12.8. The van der Waals surface area contributed by atoms with Crippen molar-refractivity contribution < 1.29 is 19.1 Å². The van der Waals surface area contributed by atoms with E-state index in [0.717, 1.165) is 18.4 Å². The summed E-state index contributed by atoms with van der Waals surface area (Å²) in [5.41, 5.74) is 2.12. The molecule has 1 aliphatic rings. The zero-order valence-electron chi connectivity index (χ0n) is 15.4. The van der Waals surface area contributed by atoms with Gasteiger partial charge in [0, 0.05) is 33.0 Å². The standard InChI is InChI=1S/C22H21ClO4/c1-12(2)21(24)26-19-14-8-5-6-9-15(14)20(27-22(25)13(3)4)18-16(19)10-7-11-17(18)23/h5-6,8-9,17H,1,3,7,10-11H2,2,4H3. The molecule has 5 heteroatoms. The van der Waals surface area contributed by atoms with Crippen LogP contribution in [-0.4, -0.2) is 11.9 Å². The summed E-state index contributed by atoms with van der Waals surface area (Å²) in [5.74, 6) is -0.119. The lowest BCUT2D eigenvalue weighted by Crippen LogP contribution is -2.17. The van der Waals surface area contributed by atoms with E-state index >= 15 is 0 Å². The second-order valence-electron chi connectivity index (χ2n) is 6.80. The van der Waals surface area contributed by atoms with Crippen LogP contribution in [0.25, 0.3) is 10.8 Å². The number of esters is 2. The molecule has 0 N–H and O–H groups in total. The first-order valence-corrected chi connectivity index (χ1v) is 9.21. The van der Waals surface area contributed by atoms with E-state index in [1.165, 1.54) is 0 Å². The molecule has 3 rings (SSSR count). The molecule has 0 radical (unpaired) electrons. The van der Waals surface area contributed by atoms with Gasteiger partial charge in [0.15, 0.2) is 0 Å². The number of halogens is 1. The van der Waals surface area contributed by atoms with Gasteiger partial charge in [-0.1, -0.05) is 37.4 Å². The highest BCUT2D eigenvalue weighted by atomic mass is 35.5. The SMILES string of the molecule is C=C(C)C(=O)Oc1c2c(c(OC(=O)C(=C)C)c3ccccc13)C(Cl)CCC2. The minimum absolute atomic E-state index is 0.299. The highest BCUT2D eigenvalue weighted by Gasteiger charge is 2.31. The van der Waals surface area contributed by atoms with Crippen molar-refractivity contribution in [3.8, 4) is 11.5 Å². The van der Waals surface area contributed by atoms with Gasteiger partial charge in [0.25, 0.3) is 0 Å². The maximum atomic E-state index is 12.2. The van der Waals surface area contributed by atoms with Crippen LogP contribution in [0.1, 0.15) is 43.2 Å². The summed E-state index contributed by atoms with van der Waals surface area (Å²) >= 11 is 6.62. The smallest absolute Gasteiger partial charge is 0.338 e. The Balaban J connectivity index is 2.31. The number of carbonyl (C=O) groups is 2. The zero-order valence-corrected chi connectivity index (χ0v) is 16.2. The van der Waals surface area contributed by atoms with Crippen molar-refractivity contribution in [1.29, 1.82) is 0 Å². The average Bonchev–Trinajstić information content (AvgIpc) is 2.63. The van der Waals surface area contributed by atoms with Gasteiger partial charge in [0.2, 0.25) is 0 Å². The van der Waals surface area contributed by atoms with Crippen LogP contribution in [0.3, 0.4) is 0 Å². The van der Waals surface area contributed by atoms with Crippen LogP contribution in [0, 0.1) is 0 Å². The number of alkyl halides is 1. The van der Waals surface area contributed by atoms with Crippen LogP contribution in [0.5, 0.6) is 11.5 Å². The molecule has 0 fully saturated rings. The minimum atomic E-state index is -0.511. The summed E-state index contributed by atoms with van der Waals surface area (Å²) in [6.07, 6.45) is 2.28. The fraction of sp³-hybridized carbons (Fsp3) is 0.273. The van der Waals surface area contributed by atoms with E-state index < -0.39 is 11.9 Å². The number of hydrogen-bond donors (Lipinski definition) is 0. The van der Waals surface area contributed by atoms with E-state index in [1.54, 1.807) is 13.8 Å². The van der Waals surface area contributed by atoms with Crippen molar-refractivity contribution in [3.63, 3.8) is 0 Å². The largest absolute Gasteiger partial charge is 0.422 e. The highest BCUT2D eigenvalue weighted by Crippen LogP contribution is 2.49. The molecule has 0 saturated heterocycles. The molecule has 1 atom stereocenters. The topological polar surface area (TPSA) is 52.6 Å². The van der Waals surface area contributed by atoms with E-state index in [9.17, 15) is 9.59 Å². The third kappa shape index (κ3) is 3.62. The monoisotopic (exact) mass is 384 g/mol. The Morgan fingerprint density at radius 3 is 2.07 bits per heavy atom. The zero-order chi connectivity index (χ0) is 19.7. The third-order valence-electron chi connectivity index (χ3n) is 4.54. The van der Waals surface area contributed by atoms with E-state index in [1.807, 2.05) is 24.3 Å². The number of fused-ring (bicyclic) bond motifs is 2. The Hall–Kier alpha value is -2.59. The van der Waals surface area contributed by atoms with Crippen LogP contribution in [0.15, 0.2) is 48.6 Å². The number of ether oxygens (including phenoxy) is 2. The van der Waals surface area contributed by atoms with E-state index in [-0.39, 0.29) is 5.38 Å². The molecule has 0 saturated carbocycles. The summed E-state index contributed by atoms with van der Waals surface area (Å²) in [5, 5.41) is 1.03. The van der Waals surface area contributed by atoms with E-state index in [0.29, 0.717) is 45.4 Å². The Morgan fingerprint density at radius 1 is 1.00 bits per heavy atom. The van der Waals surface area contributed by atoms with Crippen LogP contribution in [0.2, 0.25) is 0 Å². The van der Waals surface area contributed by atoms with E-state index in [2.05, 4.69) is 13.2 Å². The molecule has 0 amide bonds. The number of rotatable bonds is 4. The Morgan fingerprint density at radius 2 is 1.52 bits per heavy atom. The molecule has 1 unspecified atom stereocenters. The summed E-state index contributed by atoms with van der Waals surface area (Å²) in [6, 6.07) is 7.35. The van der Waals surface area contributed by atoms with Gasteiger partial charge >= 0.3 is 11.9 Å². The van der Waals surface area contributed by atoms with Gasteiger partial charge in [0.1, 0.15) is 11.5 Å². The molecule has 2 aromatic carbocycles. The average molecular weight is 385 g/mol. The first-order valence-electron chi connectivity index (χ1n) is 8.78. The molecule has 27 heavy (non-hydrogen) atoms. The molecule has 2 aromatic rings. The molecule has 1 aliphatic carbocycles. The highest BCUT2D eigenvalue weighted by molar-refractivity contribution is 6.22. The quantitative estimate of drug-likeness (QED) is 0.305. The van der Waals surface area contributed by atoms with Crippen LogP contribution >= 0.6 is 11.6 Å². The van der Waals surface area contributed by atoms with Gasteiger partial charge in [-0.05, 0) is 33.1 Å². The van der Waals surface area contributed by atoms with Gasteiger partial charge in [0.05, 0.1) is 5.38 Å². The molecular weight excluding hydrogens is 364 g/mol. The Labute approximate surface area is 163 Å². The van der Waals surface area contributed by atoms with Crippen molar-refractivity contribution in [2.45, 2.75) is 38.5 Å². The molecule has 0 spiro atoms. The lowest BCUT2D eigenvalue weighted by atomic mass is 9.86. The van der Waals surface area contributed by atoms with Crippen molar-refractivity contribution in [3.05, 3.63) is 59.7 Å². The van der Waals surface area contributed by atoms with Crippen molar-refractivity contribution in [2.24, 2.45) is 0 Å². The fourth-order valence-electron chi connectivity index (χ4n) is 3.21. The third-order valence-corrected chi connectivity index (χ3v) is 4.98. The van der Waals surface area contributed by atoms with Gasteiger partial charge in [-0.15, -0.1) is 11.6 Å². The Kier molecular flexibility index (Phi) is 5.38. The summed E-state index contributed by atoms with van der Waals surface area (Å²) < 4.78 is 11.4. The van der Waals surface area contributed by atoms with Crippen molar-refractivity contribution >= 4 is 34.3 Å². The predicted octanol–water partition coefficient (Wildman–Crippen LogP) is 5.42. The summed E-state index contributed by atoms with van der Waals surface area (Å²) in [6.45, 7) is 10.5. The molecule has 4 nitrogen and oxygen atoms in total. The Bertz CT molecular complexity index is 974. The maximum absolute atomic E-state index is 12.2. The number of carbonyl (C=O) groups excluding carboxylic acids is 2. The molecule has 140 valence electrons. The minimum Gasteiger partial charge on any atom is -0.422 e. The normalized spacial score (nSPS) is 15.7. The lowest BCUT2D eigenvalue weighted by Gasteiger charge is -2.27. The lowest BCUT2D eigenvalue weighted by molar-refractivity contribution is -0.131. The van der Waals surface area contributed by atoms with E-state index in [4.69, 9.17) is 21.1 Å². The molecule has 0 bridgehead atoms. The predicted molar refractivity (Wildman–Crippen MR) is 106 cm³/mol. The number of hydrogen-bond acceptors (Lipinski definition) is 4. The van der Waals surface area contributed by atoms with Crippen molar-refractivity contribution in [1.82, 2.24) is 0 Å². The van der Waals surface area contributed by atoms with Crippen LogP contribution < -0.4 is 9.47 Å². The van der Waals surface area contributed by atoms with Gasteiger partial charge in [-0.25, -0.2) is 9.59 Å². The molecule has 0 aromatic heterocycles. The second kappa shape index (κ2) is 7.57. The summed E-state index contributed by atoms with van der Waals surface area (Å²) in [4.78, 5) is 24.5. The van der Waals surface area contributed by atoms with Crippen molar-refractivity contribution in [2.75, 3.05) is 0 Å². The van der Waals surface area contributed by atoms with Gasteiger partial charge < -0.3 is 9.47 Å².